The topological polar surface area (TPSA) is 59.3 Å². The molecule has 1 unspecified atom stereocenters. The fraction of sp³-hybridized carbons (Fsp3) is 0.667. The van der Waals surface area contributed by atoms with Gasteiger partial charge in [-0.05, 0) is 0 Å². The van der Waals surface area contributed by atoms with Crippen LogP contribution in [0.15, 0.2) is 0 Å². The molecule has 0 N–H and O–H groups in total. The number of ether oxygens (including phenoxy) is 2. The van der Waals surface area contributed by atoms with Gasteiger partial charge in [0.15, 0.2) is 6.10 Å². The Labute approximate surface area is 59.3 Å². The van der Waals surface area contributed by atoms with Crippen molar-refractivity contribution in [3.05, 3.63) is 0 Å². The number of nitriles is 1. The Bertz CT molecular complexity index is 150. The van der Waals surface area contributed by atoms with Crippen molar-refractivity contribution in [3.63, 3.8) is 0 Å². The Hall–Kier alpha value is -1.08. The molecule has 0 radical (unpaired) electrons. The van der Waals surface area contributed by atoms with Crippen LogP contribution < -0.4 is 0 Å². The van der Waals surface area contributed by atoms with Crippen molar-refractivity contribution in [2.75, 3.05) is 14.2 Å². The lowest BCUT2D eigenvalue weighted by Gasteiger charge is -2.03. The molecule has 0 heterocycles. The minimum Gasteiger partial charge on any atom is -0.469 e. The van der Waals surface area contributed by atoms with E-state index in [0.29, 0.717) is 0 Å². The van der Waals surface area contributed by atoms with Crippen molar-refractivity contribution in [1.29, 1.82) is 5.26 Å². The Morgan fingerprint density at radius 2 is 2.30 bits per heavy atom. The van der Waals surface area contributed by atoms with Gasteiger partial charge >= 0.3 is 5.97 Å². The van der Waals surface area contributed by atoms with Gasteiger partial charge in [0.2, 0.25) is 0 Å². The summed E-state index contributed by atoms with van der Waals surface area (Å²) < 4.78 is 8.92. The molecule has 56 valence electrons. The highest BCUT2D eigenvalue weighted by Gasteiger charge is 2.11. The number of hydrogen-bond donors (Lipinski definition) is 0. The lowest BCUT2D eigenvalue weighted by Crippen LogP contribution is -2.14. The van der Waals surface area contributed by atoms with Crippen molar-refractivity contribution in [1.82, 2.24) is 0 Å². The Morgan fingerprint density at radius 3 is 2.60 bits per heavy atom. The molecule has 0 fully saturated rings. The molecule has 0 rings (SSSR count). The van der Waals surface area contributed by atoms with Crippen LogP contribution in [0.4, 0.5) is 0 Å². The molecule has 0 aromatic heterocycles. The van der Waals surface area contributed by atoms with E-state index in [1.165, 1.54) is 14.2 Å². The van der Waals surface area contributed by atoms with Crippen molar-refractivity contribution in [2.24, 2.45) is 0 Å². The second-order valence-electron chi connectivity index (χ2n) is 1.63. The third-order valence-electron chi connectivity index (χ3n) is 1.01. The van der Waals surface area contributed by atoms with Gasteiger partial charge in [-0.3, -0.25) is 4.79 Å². The average Bonchev–Trinajstić information content (AvgIpc) is 1.99. The van der Waals surface area contributed by atoms with Crippen molar-refractivity contribution in [2.45, 2.75) is 12.5 Å². The van der Waals surface area contributed by atoms with Crippen LogP contribution in [0.2, 0.25) is 0 Å². The maximum absolute atomic E-state index is 10.5. The normalized spacial score (nSPS) is 11.7. The van der Waals surface area contributed by atoms with Crippen LogP contribution in [0, 0.1) is 11.3 Å². The third kappa shape index (κ3) is 3.05. The second kappa shape index (κ2) is 4.77. The summed E-state index contributed by atoms with van der Waals surface area (Å²) >= 11 is 0. The Morgan fingerprint density at radius 1 is 1.70 bits per heavy atom. The molecular weight excluding hydrogens is 134 g/mol. The van der Waals surface area contributed by atoms with Gasteiger partial charge in [-0.1, -0.05) is 0 Å². The number of methoxy groups -OCH3 is 2. The van der Waals surface area contributed by atoms with Crippen LogP contribution in [-0.2, 0) is 14.3 Å². The molecule has 0 saturated carbocycles. The first-order chi connectivity index (χ1) is 4.74. The molecule has 0 aliphatic rings. The predicted molar refractivity (Wildman–Crippen MR) is 33.0 cm³/mol. The molecular formula is C6H9NO3. The molecule has 0 saturated heterocycles. The van der Waals surface area contributed by atoms with Crippen molar-refractivity contribution < 1.29 is 14.3 Å². The highest BCUT2D eigenvalue weighted by molar-refractivity contribution is 5.70. The number of nitrogens with zero attached hydrogens (tertiary/aromatic N) is 1. The minimum atomic E-state index is -0.688. The molecule has 0 aliphatic heterocycles. The maximum atomic E-state index is 10.5. The third-order valence-corrected chi connectivity index (χ3v) is 1.01. The van der Waals surface area contributed by atoms with E-state index in [9.17, 15) is 4.79 Å². The van der Waals surface area contributed by atoms with Crippen LogP contribution in [-0.4, -0.2) is 26.3 Å². The first-order valence-electron chi connectivity index (χ1n) is 2.73. The largest absolute Gasteiger partial charge is 0.469 e. The van der Waals surface area contributed by atoms with Gasteiger partial charge in [-0.25, -0.2) is 0 Å². The van der Waals surface area contributed by atoms with Crippen LogP contribution in [0.3, 0.4) is 0 Å². The van der Waals surface area contributed by atoms with Gasteiger partial charge in [-0.15, -0.1) is 0 Å². The summed E-state index contributed by atoms with van der Waals surface area (Å²) in [5.74, 6) is -0.437. The summed E-state index contributed by atoms with van der Waals surface area (Å²) in [6, 6.07) is 1.79. The summed E-state index contributed by atoms with van der Waals surface area (Å²) in [5, 5.41) is 8.29. The number of carbonyl (C=O) groups is 1. The van der Waals surface area contributed by atoms with Gasteiger partial charge in [0.25, 0.3) is 0 Å². The van der Waals surface area contributed by atoms with Gasteiger partial charge < -0.3 is 9.47 Å². The van der Waals surface area contributed by atoms with Gasteiger partial charge in [0.1, 0.15) is 0 Å². The van der Waals surface area contributed by atoms with Crippen molar-refractivity contribution >= 4 is 5.97 Å². The van der Waals surface area contributed by atoms with Crippen LogP contribution in [0.1, 0.15) is 6.42 Å². The fourth-order valence-electron chi connectivity index (χ4n) is 0.416. The quantitative estimate of drug-likeness (QED) is 0.525. The van der Waals surface area contributed by atoms with Gasteiger partial charge in [0, 0.05) is 7.11 Å². The smallest absolute Gasteiger partial charge is 0.309 e. The number of rotatable bonds is 3. The summed E-state index contributed by atoms with van der Waals surface area (Å²) in [5.41, 5.74) is 0. The van der Waals surface area contributed by atoms with Gasteiger partial charge in [0.05, 0.1) is 19.6 Å². The standard InChI is InChI=1S/C6H9NO3/c1-9-5(4-7)3-6(8)10-2/h5H,3H2,1-2H3. The number of esters is 1. The summed E-state index contributed by atoms with van der Waals surface area (Å²) in [6.45, 7) is 0. The molecule has 0 aromatic rings. The van der Waals surface area contributed by atoms with E-state index < -0.39 is 12.1 Å². The van der Waals surface area contributed by atoms with E-state index in [4.69, 9.17) is 5.26 Å². The molecule has 4 heteroatoms. The second-order valence-corrected chi connectivity index (χ2v) is 1.63. The first kappa shape index (κ1) is 8.92. The molecule has 0 amide bonds. The zero-order valence-corrected chi connectivity index (χ0v) is 5.96. The predicted octanol–water partition coefficient (Wildman–Crippen LogP) is 0.0881. The Balaban J connectivity index is 3.66. The van der Waals surface area contributed by atoms with Crippen LogP contribution >= 0.6 is 0 Å². The Kier molecular flexibility index (Phi) is 4.25. The lowest BCUT2D eigenvalue weighted by atomic mass is 10.3. The van der Waals surface area contributed by atoms with Crippen LogP contribution in [0.25, 0.3) is 0 Å². The van der Waals surface area contributed by atoms with Gasteiger partial charge in [-0.2, -0.15) is 5.26 Å². The molecule has 0 spiro atoms. The van der Waals surface area contributed by atoms with E-state index in [0.717, 1.165) is 0 Å². The summed E-state index contributed by atoms with van der Waals surface area (Å²) in [6.07, 6.45) is -0.698. The van der Waals surface area contributed by atoms with Crippen molar-refractivity contribution in [3.8, 4) is 6.07 Å². The van der Waals surface area contributed by atoms with Crippen LogP contribution in [0.5, 0.6) is 0 Å². The number of carbonyl (C=O) groups excluding carboxylic acids is 1. The average molecular weight is 143 g/mol. The van der Waals surface area contributed by atoms with E-state index in [2.05, 4.69) is 9.47 Å². The summed E-state index contributed by atoms with van der Waals surface area (Å²) in [4.78, 5) is 10.5. The molecule has 0 aromatic carbocycles. The van der Waals surface area contributed by atoms with E-state index >= 15 is 0 Å². The molecule has 1 atom stereocenters. The SMILES string of the molecule is COC(=O)CC(C#N)OC. The maximum Gasteiger partial charge on any atom is 0.309 e. The van der Waals surface area contributed by atoms with E-state index in [1.54, 1.807) is 6.07 Å². The summed E-state index contributed by atoms with van der Waals surface area (Å²) in [7, 11) is 2.64. The fourth-order valence-corrected chi connectivity index (χ4v) is 0.416. The zero-order valence-electron chi connectivity index (χ0n) is 5.96. The van der Waals surface area contributed by atoms with E-state index in [1.807, 2.05) is 0 Å². The van der Waals surface area contributed by atoms with E-state index in [-0.39, 0.29) is 6.42 Å². The zero-order chi connectivity index (χ0) is 7.98. The lowest BCUT2D eigenvalue weighted by molar-refractivity contribution is -0.142. The highest BCUT2D eigenvalue weighted by Crippen LogP contribution is 1.95. The minimum absolute atomic E-state index is 0.0104. The highest BCUT2D eigenvalue weighted by atomic mass is 16.5. The molecule has 0 aliphatic carbocycles. The monoisotopic (exact) mass is 143 g/mol. The molecule has 0 bridgehead atoms. The molecule has 10 heavy (non-hydrogen) atoms. The molecule has 4 nitrogen and oxygen atoms in total. The number of hydrogen-bond acceptors (Lipinski definition) is 4. The first-order valence-corrected chi connectivity index (χ1v) is 2.73.